The molecule has 0 unspecified atom stereocenters. The van der Waals surface area contributed by atoms with Gasteiger partial charge in [-0.15, -0.1) is 0 Å². The van der Waals surface area contributed by atoms with Crippen LogP contribution in [0.15, 0.2) is 0 Å². The molecule has 3 heteroatoms. The van der Waals surface area contributed by atoms with Crippen LogP contribution in [0.4, 0.5) is 0 Å². The Labute approximate surface area is 36.9 Å². The van der Waals surface area contributed by atoms with Crippen molar-refractivity contribution in [3.8, 4) is 0 Å². The second-order valence-electron chi connectivity index (χ2n) is 0.783. The first-order valence-electron chi connectivity index (χ1n) is 1.65. The van der Waals surface area contributed by atoms with Crippen molar-refractivity contribution in [2.75, 3.05) is 20.6 Å². The van der Waals surface area contributed by atoms with Gasteiger partial charge in [0.05, 0.1) is 0 Å². The minimum atomic E-state index is -0.145. The van der Waals surface area contributed by atoms with Crippen molar-refractivity contribution in [1.29, 1.82) is 0 Å². The summed E-state index contributed by atoms with van der Waals surface area (Å²) in [6, 6.07) is 0. The molecule has 0 aliphatic rings. The first-order chi connectivity index (χ1) is 2.91. The first-order valence-corrected chi connectivity index (χ1v) is 1.65. The molecule has 3 nitrogen and oxygen atoms in total. The Balaban J connectivity index is 2.34. The van der Waals surface area contributed by atoms with E-state index in [9.17, 15) is 0 Å². The Bertz CT molecular complexity index is 20.8. The van der Waals surface area contributed by atoms with E-state index in [2.05, 4.69) is 10.1 Å². The number of aliphatic hydroxyl groups is 1. The summed E-state index contributed by atoms with van der Waals surface area (Å²) in [5.74, 6) is 0. The first kappa shape index (κ1) is 5.88. The van der Waals surface area contributed by atoms with Crippen molar-refractivity contribution in [1.82, 2.24) is 5.32 Å². The van der Waals surface area contributed by atoms with E-state index in [0.717, 1.165) is 0 Å². The maximum atomic E-state index is 7.95. The van der Waals surface area contributed by atoms with Crippen molar-refractivity contribution in [3.63, 3.8) is 0 Å². The molecule has 0 saturated carbocycles. The smallest absolute Gasteiger partial charge is 0.114 e. The Kier molecular flexibility index (Phi) is 4.78. The van der Waals surface area contributed by atoms with Crippen LogP contribution in [0.5, 0.6) is 0 Å². The molecule has 1 radical (unpaired) electrons. The molecular formula is C3H8NO2. The molecule has 0 heterocycles. The minimum Gasteiger partial charge on any atom is -0.380 e. The fourth-order valence-corrected chi connectivity index (χ4v) is 0.132. The lowest BCUT2D eigenvalue weighted by Crippen LogP contribution is -2.08. The van der Waals surface area contributed by atoms with Crippen molar-refractivity contribution >= 4 is 0 Å². The Morgan fingerprint density at radius 2 is 2.50 bits per heavy atom. The van der Waals surface area contributed by atoms with E-state index < -0.39 is 0 Å². The topological polar surface area (TPSA) is 43.6 Å². The molecule has 6 heavy (non-hydrogen) atoms. The number of hydrogen-bond donors (Lipinski definition) is 1. The molecule has 0 aromatic heterocycles. The van der Waals surface area contributed by atoms with Gasteiger partial charge in [-0.3, -0.25) is 0 Å². The van der Waals surface area contributed by atoms with E-state index in [1.807, 2.05) is 0 Å². The fraction of sp³-hybridized carbons (Fsp3) is 1.00. The van der Waals surface area contributed by atoms with Crippen LogP contribution in [-0.2, 0) is 4.74 Å². The molecule has 0 bridgehead atoms. The van der Waals surface area contributed by atoms with E-state index in [4.69, 9.17) is 5.11 Å². The number of ether oxygens (including phenoxy) is 1. The molecule has 0 aromatic rings. The molecule has 0 amide bonds. The van der Waals surface area contributed by atoms with Gasteiger partial charge in [0.15, 0.2) is 0 Å². The minimum absolute atomic E-state index is 0.145. The lowest BCUT2D eigenvalue weighted by molar-refractivity contribution is 0.133. The molecule has 0 fully saturated rings. The lowest BCUT2D eigenvalue weighted by atomic mass is 11.1. The van der Waals surface area contributed by atoms with E-state index in [1.54, 1.807) is 0 Å². The monoisotopic (exact) mass is 90.1 g/mol. The van der Waals surface area contributed by atoms with Gasteiger partial charge in [0, 0.05) is 7.11 Å². The van der Waals surface area contributed by atoms with E-state index >= 15 is 0 Å². The quantitative estimate of drug-likeness (QED) is 0.458. The molecule has 0 rings (SSSR count). The van der Waals surface area contributed by atoms with Crippen LogP contribution in [0.2, 0.25) is 0 Å². The largest absolute Gasteiger partial charge is 0.380 e. The van der Waals surface area contributed by atoms with Crippen molar-refractivity contribution in [2.45, 2.75) is 0 Å². The molecule has 0 aromatic carbocycles. The summed E-state index contributed by atoms with van der Waals surface area (Å²) in [7, 11) is 1.53. The predicted molar refractivity (Wildman–Crippen MR) is 21.1 cm³/mol. The third-order valence-corrected chi connectivity index (χ3v) is 0.320. The zero-order valence-corrected chi connectivity index (χ0v) is 3.72. The van der Waals surface area contributed by atoms with Crippen LogP contribution in [0.3, 0.4) is 0 Å². The van der Waals surface area contributed by atoms with Gasteiger partial charge in [-0.25, -0.2) is 0 Å². The van der Waals surface area contributed by atoms with Gasteiger partial charge in [0.25, 0.3) is 0 Å². The van der Waals surface area contributed by atoms with Crippen LogP contribution in [0, 0.1) is 0 Å². The average Bonchev–Trinajstić information content (AvgIpc) is 1.61. The second kappa shape index (κ2) is 4.88. The number of rotatable bonds is 3. The summed E-state index contributed by atoms with van der Waals surface area (Å²) in [5.41, 5.74) is 0. The van der Waals surface area contributed by atoms with Gasteiger partial charge in [0.1, 0.15) is 13.5 Å². The molecule has 37 valence electrons. The van der Waals surface area contributed by atoms with Crippen molar-refractivity contribution < 1.29 is 9.84 Å². The number of nitrogens with zero attached hydrogens (tertiary/aromatic N) is 1. The van der Waals surface area contributed by atoms with Gasteiger partial charge in [-0.05, 0) is 0 Å². The fourth-order valence-electron chi connectivity index (χ4n) is 0.132. The van der Waals surface area contributed by atoms with E-state index in [0.29, 0.717) is 0 Å². The Morgan fingerprint density at radius 3 is 2.67 bits per heavy atom. The summed E-state index contributed by atoms with van der Waals surface area (Å²) in [6.45, 7) is 0.143. The van der Waals surface area contributed by atoms with Crippen LogP contribution < -0.4 is 5.32 Å². The third kappa shape index (κ3) is 3.88. The highest BCUT2D eigenvalue weighted by Crippen LogP contribution is 1.56. The zero-order valence-electron chi connectivity index (χ0n) is 3.72. The van der Waals surface area contributed by atoms with Crippen LogP contribution in [-0.4, -0.2) is 25.7 Å². The van der Waals surface area contributed by atoms with Crippen molar-refractivity contribution in [3.05, 3.63) is 0 Å². The van der Waals surface area contributed by atoms with Crippen LogP contribution in [0.1, 0.15) is 0 Å². The van der Waals surface area contributed by atoms with Crippen LogP contribution >= 0.6 is 0 Å². The summed E-state index contributed by atoms with van der Waals surface area (Å²) in [6.07, 6.45) is 0. The summed E-state index contributed by atoms with van der Waals surface area (Å²) in [4.78, 5) is 0. The number of aliphatic hydroxyl groups excluding tert-OH is 1. The van der Waals surface area contributed by atoms with Gasteiger partial charge in [0.2, 0.25) is 0 Å². The van der Waals surface area contributed by atoms with Gasteiger partial charge >= 0.3 is 0 Å². The third-order valence-electron chi connectivity index (χ3n) is 0.320. The highest BCUT2D eigenvalue weighted by molar-refractivity contribution is 4.13. The Morgan fingerprint density at radius 1 is 1.83 bits per heavy atom. The van der Waals surface area contributed by atoms with Gasteiger partial charge in [-0.1, -0.05) is 0 Å². The molecular weight excluding hydrogens is 82.0 g/mol. The highest BCUT2D eigenvalue weighted by atomic mass is 16.5. The molecule has 0 spiro atoms. The van der Waals surface area contributed by atoms with Gasteiger partial charge < -0.3 is 9.84 Å². The number of methoxy groups -OCH3 is 1. The van der Waals surface area contributed by atoms with E-state index in [1.165, 1.54) is 7.11 Å². The van der Waals surface area contributed by atoms with E-state index in [-0.39, 0.29) is 13.5 Å². The summed E-state index contributed by atoms with van der Waals surface area (Å²) >= 11 is 0. The maximum absolute atomic E-state index is 7.95. The molecule has 0 aliphatic heterocycles. The summed E-state index contributed by atoms with van der Waals surface area (Å²) in [5, 5.41) is 11.4. The second-order valence-corrected chi connectivity index (χ2v) is 0.783. The normalized spacial score (nSPS) is 9.00. The molecule has 0 aliphatic carbocycles. The van der Waals surface area contributed by atoms with Crippen LogP contribution in [0.25, 0.3) is 0 Å². The SMILES string of the molecule is COC[N]CO. The predicted octanol–water partition coefficient (Wildman–Crippen LogP) is -0.855. The number of hydrogen-bond acceptors (Lipinski definition) is 2. The standard InChI is InChI=1S/C3H8NO2/c1-6-3-4-2-5/h5H,2-3H2,1H3. The average molecular weight is 90.1 g/mol. The molecule has 0 saturated heterocycles. The van der Waals surface area contributed by atoms with Gasteiger partial charge in [-0.2, -0.15) is 5.32 Å². The lowest BCUT2D eigenvalue weighted by Gasteiger charge is -1.90. The zero-order chi connectivity index (χ0) is 4.83. The van der Waals surface area contributed by atoms with Crippen molar-refractivity contribution in [2.24, 2.45) is 0 Å². The molecule has 1 N–H and O–H groups in total. The molecule has 0 atom stereocenters. The summed E-state index contributed by atoms with van der Waals surface area (Å²) < 4.78 is 4.46. The maximum Gasteiger partial charge on any atom is 0.114 e. The Hall–Kier alpha value is -0.120. The highest BCUT2D eigenvalue weighted by Gasteiger charge is 1.73.